The van der Waals surface area contributed by atoms with Crippen LogP contribution in [0.1, 0.15) is 23.3 Å². The summed E-state index contributed by atoms with van der Waals surface area (Å²) >= 11 is 0. The zero-order chi connectivity index (χ0) is 13.4. The van der Waals surface area contributed by atoms with Crippen LogP contribution in [0.15, 0.2) is 6.07 Å². The van der Waals surface area contributed by atoms with Gasteiger partial charge >= 0.3 is 0 Å². The number of amides is 1. The molecule has 0 radical (unpaired) electrons. The summed E-state index contributed by atoms with van der Waals surface area (Å²) in [7, 11) is 0. The highest BCUT2D eigenvalue weighted by atomic mass is 16.5. The molecule has 2 aliphatic rings. The summed E-state index contributed by atoms with van der Waals surface area (Å²) in [5, 5.41) is 15.7. The summed E-state index contributed by atoms with van der Waals surface area (Å²) in [6.45, 7) is 1.25. The first-order valence-corrected chi connectivity index (χ1v) is 6.53. The van der Waals surface area contributed by atoms with E-state index in [1.165, 1.54) is 0 Å². The molecule has 0 spiro atoms. The number of nitrogen functional groups attached to an aromatic ring is 1. The van der Waals surface area contributed by atoms with Crippen molar-refractivity contribution in [2.75, 3.05) is 25.5 Å². The van der Waals surface area contributed by atoms with Gasteiger partial charge in [-0.25, -0.2) is 0 Å². The Labute approximate surface area is 110 Å². The number of ether oxygens (including phenoxy) is 1. The molecule has 1 aromatic heterocycles. The summed E-state index contributed by atoms with van der Waals surface area (Å²) in [5.41, 5.74) is 5.93. The summed E-state index contributed by atoms with van der Waals surface area (Å²) in [5.74, 6) is 0.434. The van der Waals surface area contributed by atoms with E-state index in [4.69, 9.17) is 10.5 Å². The number of aromatic nitrogens is 2. The van der Waals surface area contributed by atoms with Crippen LogP contribution >= 0.6 is 0 Å². The minimum atomic E-state index is -0.0962. The molecule has 2 fully saturated rings. The quantitative estimate of drug-likeness (QED) is 0.676. The van der Waals surface area contributed by atoms with E-state index in [2.05, 4.69) is 10.2 Å². The van der Waals surface area contributed by atoms with E-state index < -0.39 is 0 Å². The Morgan fingerprint density at radius 2 is 2.47 bits per heavy atom. The maximum atomic E-state index is 12.4. The molecular weight excluding hydrogens is 248 g/mol. The number of aliphatic hydroxyl groups excluding tert-OH is 1. The fourth-order valence-electron chi connectivity index (χ4n) is 3.05. The monoisotopic (exact) mass is 266 g/mol. The molecular formula is C12H18N4O3. The van der Waals surface area contributed by atoms with Crippen molar-refractivity contribution in [1.29, 1.82) is 0 Å². The number of aromatic amines is 1. The van der Waals surface area contributed by atoms with Gasteiger partial charge in [0.15, 0.2) is 0 Å². The Balaban J connectivity index is 1.78. The van der Waals surface area contributed by atoms with E-state index in [0.717, 1.165) is 12.8 Å². The Bertz CT molecular complexity index is 475. The van der Waals surface area contributed by atoms with Crippen LogP contribution in [0.2, 0.25) is 0 Å². The van der Waals surface area contributed by atoms with Crippen LogP contribution < -0.4 is 5.73 Å². The van der Waals surface area contributed by atoms with E-state index in [1.807, 2.05) is 4.90 Å². The summed E-state index contributed by atoms with van der Waals surface area (Å²) in [6.07, 6.45) is 1.64. The number of nitrogens with zero attached hydrogens (tertiary/aromatic N) is 2. The summed E-state index contributed by atoms with van der Waals surface area (Å²) in [4.78, 5) is 14.2. The second-order valence-electron chi connectivity index (χ2n) is 5.20. The topological polar surface area (TPSA) is 104 Å². The van der Waals surface area contributed by atoms with Crippen LogP contribution in [0.3, 0.4) is 0 Å². The van der Waals surface area contributed by atoms with Gasteiger partial charge in [0, 0.05) is 19.2 Å². The van der Waals surface area contributed by atoms with Crippen molar-refractivity contribution in [3.05, 3.63) is 11.8 Å². The maximum Gasteiger partial charge on any atom is 0.272 e. The lowest BCUT2D eigenvalue weighted by atomic mass is 10.1. The van der Waals surface area contributed by atoms with Crippen molar-refractivity contribution in [3.8, 4) is 0 Å². The van der Waals surface area contributed by atoms with Crippen LogP contribution in [0.25, 0.3) is 0 Å². The van der Waals surface area contributed by atoms with Gasteiger partial charge < -0.3 is 20.5 Å². The summed E-state index contributed by atoms with van der Waals surface area (Å²) < 4.78 is 5.70. The van der Waals surface area contributed by atoms with Crippen molar-refractivity contribution >= 4 is 11.7 Å². The van der Waals surface area contributed by atoms with Crippen molar-refractivity contribution in [1.82, 2.24) is 15.1 Å². The zero-order valence-corrected chi connectivity index (χ0v) is 10.6. The number of anilines is 1. The van der Waals surface area contributed by atoms with E-state index in [1.54, 1.807) is 6.07 Å². The first-order chi connectivity index (χ1) is 9.19. The Kier molecular flexibility index (Phi) is 3.16. The van der Waals surface area contributed by atoms with Crippen LogP contribution in [0.5, 0.6) is 0 Å². The van der Waals surface area contributed by atoms with Gasteiger partial charge in [0.2, 0.25) is 0 Å². The highest BCUT2D eigenvalue weighted by molar-refractivity contribution is 5.93. The lowest BCUT2D eigenvalue weighted by Crippen LogP contribution is -2.51. The number of aliphatic hydroxyl groups is 1. The van der Waals surface area contributed by atoms with Gasteiger partial charge in [-0.2, -0.15) is 5.10 Å². The molecule has 0 aromatic carbocycles. The van der Waals surface area contributed by atoms with Gasteiger partial charge in [0.05, 0.1) is 18.8 Å². The standard InChI is InChI=1S/C12H18N4O3/c13-11-5-8(14-15-11)12(18)16-1-2-19-10-4-7(6-17)3-9(10)16/h5,7,9-10,17H,1-4,6H2,(H3,13,14,15)/t7-,9+,10+/m1/s1. The van der Waals surface area contributed by atoms with Gasteiger partial charge in [-0.05, 0) is 18.8 Å². The van der Waals surface area contributed by atoms with Gasteiger partial charge in [-0.1, -0.05) is 0 Å². The van der Waals surface area contributed by atoms with Gasteiger partial charge in [0.1, 0.15) is 11.5 Å². The molecule has 1 aromatic rings. The molecule has 7 nitrogen and oxygen atoms in total. The SMILES string of the molecule is Nc1cc(C(=O)N2CCO[C@H]3C[C@H](CO)C[C@@H]32)[nH]n1. The van der Waals surface area contributed by atoms with E-state index >= 15 is 0 Å². The predicted molar refractivity (Wildman–Crippen MR) is 67.4 cm³/mol. The van der Waals surface area contributed by atoms with Crippen LogP contribution in [0, 0.1) is 5.92 Å². The van der Waals surface area contributed by atoms with Crippen LogP contribution in [0.4, 0.5) is 5.82 Å². The lowest BCUT2D eigenvalue weighted by Gasteiger charge is -2.37. The van der Waals surface area contributed by atoms with Crippen molar-refractivity contribution in [3.63, 3.8) is 0 Å². The third-order valence-corrected chi connectivity index (χ3v) is 3.98. The lowest BCUT2D eigenvalue weighted by molar-refractivity contribution is -0.0450. The predicted octanol–water partition coefficient (Wildman–Crippen LogP) is -0.396. The molecule has 3 rings (SSSR count). The first-order valence-electron chi connectivity index (χ1n) is 6.53. The number of morpholine rings is 1. The Morgan fingerprint density at radius 3 is 3.16 bits per heavy atom. The highest BCUT2D eigenvalue weighted by Crippen LogP contribution is 2.34. The van der Waals surface area contributed by atoms with Crippen molar-refractivity contribution in [2.45, 2.75) is 25.0 Å². The number of hydrogen-bond acceptors (Lipinski definition) is 5. The molecule has 4 N–H and O–H groups in total. The number of nitrogens with two attached hydrogens (primary N) is 1. The number of H-pyrrole nitrogens is 1. The number of rotatable bonds is 2. The third kappa shape index (κ3) is 2.19. The largest absolute Gasteiger partial charge is 0.396 e. The molecule has 104 valence electrons. The second-order valence-corrected chi connectivity index (χ2v) is 5.20. The Morgan fingerprint density at radius 1 is 1.63 bits per heavy atom. The second kappa shape index (κ2) is 4.82. The zero-order valence-electron chi connectivity index (χ0n) is 10.6. The molecule has 1 saturated carbocycles. The molecule has 19 heavy (non-hydrogen) atoms. The molecule has 3 atom stereocenters. The van der Waals surface area contributed by atoms with E-state index in [9.17, 15) is 9.90 Å². The van der Waals surface area contributed by atoms with Crippen LogP contribution in [-0.4, -0.2) is 58.0 Å². The number of hydrogen-bond donors (Lipinski definition) is 3. The van der Waals surface area contributed by atoms with E-state index in [-0.39, 0.29) is 30.6 Å². The average Bonchev–Trinajstić information content (AvgIpc) is 3.02. The highest BCUT2D eigenvalue weighted by Gasteiger charge is 2.43. The smallest absolute Gasteiger partial charge is 0.272 e. The van der Waals surface area contributed by atoms with Gasteiger partial charge in [0.25, 0.3) is 5.91 Å². The van der Waals surface area contributed by atoms with Gasteiger partial charge in [-0.3, -0.25) is 9.89 Å². The molecule has 7 heteroatoms. The normalized spacial score (nSPS) is 30.4. The maximum absolute atomic E-state index is 12.4. The fraction of sp³-hybridized carbons (Fsp3) is 0.667. The Hall–Kier alpha value is -1.60. The number of carbonyl (C=O) groups is 1. The minimum Gasteiger partial charge on any atom is -0.396 e. The molecule has 2 heterocycles. The van der Waals surface area contributed by atoms with Gasteiger partial charge in [-0.15, -0.1) is 0 Å². The van der Waals surface area contributed by atoms with E-state index in [0.29, 0.717) is 24.7 Å². The molecule has 0 bridgehead atoms. The van der Waals surface area contributed by atoms with Crippen molar-refractivity contribution < 1.29 is 14.6 Å². The molecule has 1 saturated heterocycles. The minimum absolute atomic E-state index is 0.0371. The summed E-state index contributed by atoms with van der Waals surface area (Å²) in [6, 6.07) is 1.59. The molecule has 1 aliphatic carbocycles. The number of carbonyl (C=O) groups excluding carboxylic acids is 1. The molecule has 1 amide bonds. The molecule has 0 unspecified atom stereocenters. The first kappa shape index (κ1) is 12.4. The molecule has 1 aliphatic heterocycles. The van der Waals surface area contributed by atoms with Crippen LogP contribution in [-0.2, 0) is 4.74 Å². The fourth-order valence-corrected chi connectivity index (χ4v) is 3.05. The number of nitrogens with one attached hydrogen (secondary N) is 1. The average molecular weight is 266 g/mol. The number of fused-ring (bicyclic) bond motifs is 1. The third-order valence-electron chi connectivity index (χ3n) is 3.98. The van der Waals surface area contributed by atoms with Crippen molar-refractivity contribution in [2.24, 2.45) is 5.92 Å².